The van der Waals surface area contributed by atoms with Gasteiger partial charge in [-0.25, -0.2) is 13.2 Å². The highest BCUT2D eigenvalue weighted by atomic mass is 32.2. The molecule has 0 saturated carbocycles. The molecule has 2 rings (SSSR count). The molecule has 0 heterocycles. The van der Waals surface area contributed by atoms with Crippen LogP contribution in [0.3, 0.4) is 0 Å². The molecule has 0 aromatic heterocycles. The number of amides is 1. The fourth-order valence-corrected chi connectivity index (χ4v) is 4.18. The molecule has 0 unspecified atom stereocenters. The molecule has 0 aliphatic rings. The number of benzene rings is 2. The van der Waals surface area contributed by atoms with Crippen LogP contribution in [-0.2, 0) is 30.6 Å². The Hall–Kier alpha value is -3.08. The Morgan fingerprint density at radius 3 is 1.94 bits per heavy atom. The molecule has 0 spiro atoms. The molecule has 0 aliphatic carbocycles. The van der Waals surface area contributed by atoms with Crippen molar-refractivity contribution < 1.29 is 40.7 Å². The van der Waals surface area contributed by atoms with Gasteiger partial charge in [-0.2, -0.15) is 13.2 Å². The number of ether oxygens (including phenoxy) is 2. The van der Waals surface area contributed by atoms with E-state index < -0.39 is 33.4 Å². The second kappa shape index (κ2) is 10.2. The zero-order valence-electron chi connectivity index (χ0n) is 18.2. The molecule has 0 saturated heterocycles. The van der Waals surface area contributed by atoms with Crippen LogP contribution in [0, 0.1) is 0 Å². The zero-order chi connectivity index (χ0) is 24.9. The highest BCUT2D eigenvalue weighted by Gasteiger charge is 2.41. The number of hydrogen-bond acceptors (Lipinski definition) is 6. The van der Waals surface area contributed by atoms with Crippen LogP contribution in [-0.4, -0.2) is 45.2 Å². The molecule has 180 valence electrons. The molecule has 2 aromatic carbocycles. The van der Waals surface area contributed by atoms with Crippen molar-refractivity contribution in [2.75, 3.05) is 13.2 Å². The molecule has 1 N–H and O–H groups in total. The van der Waals surface area contributed by atoms with E-state index in [2.05, 4.69) is 0 Å². The first-order valence-corrected chi connectivity index (χ1v) is 11.3. The maximum atomic E-state index is 12.9. The average Bonchev–Trinajstić information content (AvgIpc) is 2.72. The summed E-state index contributed by atoms with van der Waals surface area (Å²) in [5, 5.41) is 1.92. The van der Waals surface area contributed by atoms with Crippen molar-refractivity contribution in [2.24, 2.45) is 0 Å². The topological polar surface area (TPSA) is 98.8 Å². The fraction of sp³-hybridized carbons (Fsp3) is 0.364. The summed E-state index contributed by atoms with van der Waals surface area (Å²) >= 11 is 0. The van der Waals surface area contributed by atoms with Gasteiger partial charge in [-0.15, -0.1) is 0 Å². The Balaban J connectivity index is 2.08. The van der Waals surface area contributed by atoms with E-state index in [0.717, 1.165) is 0 Å². The van der Waals surface area contributed by atoms with E-state index in [9.17, 15) is 31.2 Å². The molecule has 1 amide bonds. The number of hydrogen-bond donors (Lipinski definition) is 1. The number of rotatable bonds is 9. The Labute approximate surface area is 189 Å². The number of carbonyl (C=O) groups is 2. The summed E-state index contributed by atoms with van der Waals surface area (Å²) in [7, 11) is -3.86. The van der Waals surface area contributed by atoms with Crippen LogP contribution in [0.2, 0.25) is 0 Å². The van der Waals surface area contributed by atoms with Gasteiger partial charge in [0.05, 0.1) is 16.4 Å². The number of nitrogens with one attached hydrogen (secondary N) is 1. The van der Waals surface area contributed by atoms with Gasteiger partial charge in [0.1, 0.15) is 5.75 Å². The molecule has 0 fully saturated rings. The molecule has 0 aliphatic heterocycles. The van der Waals surface area contributed by atoms with E-state index in [1.807, 2.05) is 5.32 Å². The maximum absolute atomic E-state index is 12.9. The van der Waals surface area contributed by atoms with Crippen molar-refractivity contribution in [3.63, 3.8) is 0 Å². The third kappa shape index (κ3) is 7.48. The summed E-state index contributed by atoms with van der Waals surface area (Å²) in [6, 6.07) is 11.1. The van der Waals surface area contributed by atoms with Crippen LogP contribution in [0.25, 0.3) is 0 Å². The lowest BCUT2D eigenvalue weighted by Crippen LogP contribution is -2.50. The first kappa shape index (κ1) is 26.2. The predicted molar refractivity (Wildman–Crippen MR) is 112 cm³/mol. The van der Waals surface area contributed by atoms with Crippen LogP contribution in [0.4, 0.5) is 13.2 Å². The maximum Gasteiger partial charge on any atom is 0.471 e. The van der Waals surface area contributed by atoms with Gasteiger partial charge >= 0.3 is 18.1 Å². The van der Waals surface area contributed by atoms with Crippen molar-refractivity contribution >= 4 is 21.7 Å². The second-order valence-electron chi connectivity index (χ2n) is 7.73. The SMILES string of the molecule is CCOC(=O)COc1ccc(S(=O)(=O)c2ccc(CC(C)(C)NC(=O)C(F)(F)F)cc2)cc1. The predicted octanol–water partition coefficient (Wildman–Crippen LogP) is 3.46. The van der Waals surface area contributed by atoms with Crippen LogP contribution in [0.5, 0.6) is 5.75 Å². The minimum atomic E-state index is -4.99. The van der Waals surface area contributed by atoms with Crippen molar-refractivity contribution in [1.82, 2.24) is 5.32 Å². The Kier molecular flexibility index (Phi) is 8.12. The fourth-order valence-electron chi connectivity index (χ4n) is 2.92. The average molecular weight is 487 g/mol. The van der Waals surface area contributed by atoms with Crippen LogP contribution >= 0.6 is 0 Å². The van der Waals surface area contributed by atoms with E-state index in [1.165, 1.54) is 62.4 Å². The van der Waals surface area contributed by atoms with Gasteiger partial charge < -0.3 is 14.8 Å². The van der Waals surface area contributed by atoms with Gasteiger partial charge in [0.25, 0.3) is 0 Å². The van der Waals surface area contributed by atoms with Gasteiger partial charge in [-0.1, -0.05) is 12.1 Å². The van der Waals surface area contributed by atoms with E-state index in [4.69, 9.17) is 9.47 Å². The third-order valence-electron chi connectivity index (χ3n) is 4.39. The smallest absolute Gasteiger partial charge is 0.471 e. The molecule has 0 atom stereocenters. The Bertz CT molecular complexity index is 1080. The van der Waals surface area contributed by atoms with Crippen molar-refractivity contribution in [2.45, 2.75) is 48.7 Å². The number of sulfone groups is 1. The van der Waals surface area contributed by atoms with Gasteiger partial charge in [0, 0.05) is 5.54 Å². The molecule has 7 nitrogen and oxygen atoms in total. The van der Waals surface area contributed by atoms with Gasteiger partial charge in [0.2, 0.25) is 9.84 Å². The largest absolute Gasteiger partial charge is 0.482 e. The summed E-state index contributed by atoms with van der Waals surface area (Å²) in [6.45, 7) is 4.45. The third-order valence-corrected chi connectivity index (χ3v) is 6.17. The van der Waals surface area contributed by atoms with E-state index in [-0.39, 0.29) is 29.4 Å². The molecular formula is C22H24F3NO6S. The van der Waals surface area contributed by atoms with Crippen LogP contribution < -0.4 is 10.1 Å². The molecule has 0 radical (unpaired) electrons. The van der Waals surface area contributed by atoms with Gasteiger partial charge in [0.15, 0.2) is 6.61 Å². The normalized spacial score (nSPS) is 12.2. The first-order chi connectivity index (χ1) is 15.2. The molecular weight excluding hydrogens is 463 g/mol. The summed E-state index contributed by atoms with van der Waals surface area (Å²) in [4.78, 5) is 22.5. The number of halogens is 3. The lowest BCUT2D eigenvalue weighted by atomic mass is 9.95. The highest BCUT2D eigenvalue weighted by molar-refractivity contribution is 7.91. The lowest BCUT2D eigenvalue weighted by molar-refractivity contribution is -0.175. The molecule has 33 heavy (non-hydrogen) atoms. The minimum Gasteiger partial charge on any atom is -0.482 e. The summed E-state index contributed by atoms with van der Waals surface area (Å²) in [5.74, 6) is -2.29. The van der Waals surface area contributed by atoms with E-state index in [1.54, 1.807) is 6.92 Å². The van der Waals surface area contributed by atoms with Crippen LogP contribution in [0.15, 0.2) is 58.3 Å². The van der Waals surface area contributed by atoms with Crippen molar-refractivity contribution in [1.29, 1.82) is 0 Å². The van der Waals surface area contributed by atoms with Crippen molar-refractivity contribution in [3.8, 4) is 5.75 Å². The Morgan fingerprint density at radius 2 is 1.45 bits per heavy atom. The van der Waals surface area contributed by atoms with E-state index in [0.29, 0.717) is 11.3 Å². The zero-order valence-corrected chi connectivity index (χ0v) is 19.0. The monoisotopic (exact) mass is 487 g/mol. The summed E-state index contributed by atoms with van der Waals surface area (Å²) in [5.41, 5.74) is -0.657. The summed E-state index contributed by atoms with van der Waals surface area (Å²) in [6.07, 6.45) is -4.93. The van der Waals surface area contributed by atoms with Gasteiger partial charge in [-0.05, 0) is 69.2 Å². The highest BCUT2D eigenvalue weighted by Crippen LogP contribution is 2.25. The lowest BCUT2D eigenvalue weighted by Gasteiger charge is -2.27. The molecule has 0 bridgehead atoms. The Morgan fingerprint density at radius 1 is 0.939 bits per heavy atom. The number of carbonyl (C=O) groups excluding carboxylic acids is 2. The second-order valence-corrected chi connectivity index (χ2v) is 9.67. The van der Waals surface area contributed by atoms with Gasteiger partial charge in [-0.3, -0.25) is 4.79 Å². The first-order valence-electron chi connectivity index (χ1n) is 9.86. The van der Waals surface area contributed by atoms with E-state index >= 15 is 0 Å². The number of alkyl halides is 3. The standard InChI is InChI=1S/C22H24F3NO6S/c1-4-31-19(27)14-32-16-7-11-18(12-8-16)33(29,30)17-9-5-15(6-10-17)13-21(2,3)26-20(28)22(23,24)25/h5-12H,4,13-14H2,1-3H3,(H,26,28). The number of esters is 1. The minimum absolute atomic E-state index is 0.00324. The quantitative estimate of drug-likeness (QED) is 0.544. The molecule has 2 aromatic rings. The van der Waals surface area contributed by atoms with Crippen molar-refractivity contribution in [3.05, 3.63) is 54.1 Å². The van der Waals surface area contributed by atoms with Crippen LogP contribution in [0.1, 0.15) is 26.3 Å². The molecule has 11 heteroatoms. The summed E-state index contributed by atoms with van der Waals surface area (Å²) < 4.78 is 73.2.